The van der Waals surface area contributed by atoms with Crippen LogP contribution in [-0.2, 0) is 9.53 Å². The van der Waals surface area contributed by atoms with Crippen LogP contribution in [0.15, 0.2) is 30.3 Å². The zero-order chi connectivity index (χ0) is 18.0. The summed E-state index contributed by atoms with van der Waals surface area (Å²) >= 11 is 0. The van der Waals surface area contributed by atoms with E-state index >= 15 is 0 Å². The Bertz CT molecular complexity index is 732. The first kappa shape index (κ1) is 17.9. The number of carbonyl (C=O) groups is 1. The number of esters is 1. The zero-order valence-electron chi connectivity index (χ0n) is 12.7. The van der Waals surface area contributed by atoms with Crippen LogP contribution >= 0.6 is 0 Å². The van der Waals surface area contributed by atoms with Crippen LogP contribution in [0, 0.1) is 29.1 Å². The van der Waals surface area contributed by atoms with E-state index in [2.05, 4.69) is 0 Å². The van der Waals surface area contributed by atoms with Gasteiger partial charge in [0.05, 0.1) is 11.5 Å². The molecule has 24 heavy (non-hydrogen) atoms. The highest BCUT2D eigenvalue weighted by molar-refractivity contribution is 5.77. The van der Waals surface area contributed by atoms with Gasteiger partial charge < -0.3 is 4.74 Å². The molecule has 0 spiro atoms. The molecule has 0 saturated carbocycles. The van der Waals surface area contributed by atoms with Crippen molar-refractivity contribution in [2.45, 2.75) is 25.9 Å². The fourth-order valence-corrected chi connectivity index (χ4v) is 2.19. The average Bonchev–Trinajstić information content (AvgIpc) is 2.58. The van der Waals surface area contributed by atoms with Crippen molar-refractivity contribution in [3.05, 3.63) is 70.5 Å². The zero-order valence-corrected chi connectivity index (χ0v) is 12.7. The molecule has 0 heterocycles. The van der Waals surface area contributed by atoms with E-state index in [0.717, 1.165) is 6.92 Å². The van der Waals surface area contributed by atoms with E-state index in [1.54, 1.807) is 30.3 Å². The van der Waals surface area contributed by atoms with Crippen LogP contribution in [-0.4, -0.2) is 5.97 Å². The maximum atomic E-state index is 13.7. The van der Waals surface area contributed by atoms with Crippen molar-refractivity contribution in [3.63, 3.8) is 0 Å². The quantitative estimate of drug-likeness (QED) is 0.345. The molecule has 0 bridgehead atoms. The predicted molar refractivity (Wildman–Crippen MR) is 75.6 cm³/mol. The monoisotopic (exact) mass is 344 g/mol. The number of ether oxygens (including phenoxy) is 1. The van der Waals surface area contributed by atoms with Crippen LogP contribution in [0.25, 0.3) is 0 Å². The normalized spacial score (nSPS) is 13.5. The summed E-state index contributed by atoms with van der Waals surface area (Å²) in [7, 11) is 0. The van der Waals surface area contributed by atoms with Crippen molar-refractivity contribution in [2.75, 3.05) is 0 Å². The van der Waals surface area contributed by atoms with Crippen molar-refractivity contribution < 1.29 is 31.5 Å². The fourth-order valence-electron chi connectivity index (χ4n) is 2.19. The maximum absolute atomic E-state index is 13.7. The summed E-state index contributed by atoms with van der Waals surface area (Å²) in [5, 5.41) is 0. The molecule has 7 heteroatoms. The summed E-state index contributed by atoms with van der Waals surface area (Å²) in [6, 6.07) is 8.40. The third-order valence-electron chi connectivity index (χ3n) is 3.60. The number of benzene rings is 2. The van der Waals surface area contributed by atoms with E-state index in [9.17, 15) is 26.7 Å². The average molecular weight is 344 g/mol. The molecule has 0 aliphatic heterocycles. The van der Waals surface area contributed by atoms with Crippen molar-refractivity contribution in [1.29, 1.82) is 0 Å². The molecule has 0 radical (unpaired) electrons. The summed E-state index contributed by atoms with van der Waals surface area (Å²) in [6.07, 6.45) is -1.65. The first-order valence-corrected chi connectivity index (χ1v) is 7.02. The molecule has 2 aromatic rings. The van der Waals surface area contributed by atoms with Gasteiger partial charge in [0.1, 0.15) is 6.10 Å². The van der Waals surface area contributed by atoms with Crippen LogP contribution in [0.5, 0.6) is 0 Å². The maximum Gasteiger partial charge on any atom is 0.313 e. The van der Waals surface area contributed by atoms with Gasteiger partial charge in [-0.3, -0.25) is 4.79 Å². The van der Waals surface area contributed by atoms with Gasteiger partial charge >= 0.3 is 5.97 Å². The van der Waals surface area contributed by atoms with Crippen LogP contribution in [0.1, 0.15) is 37.0 Å². The lowest BCUT2D eigenvalue weighted by atomic mass is 10.0. The molecule has 2 atom stereocenters. The van der Waals surface area contributed by atoms with Crippen LogP contribution in [0.4, 0.5) is 22.0 Å². The molecule has 128 valence electrons. The van der Waals surface area contributed by atoms with Gasteiger partial charge in [0.2, 0.25) is 5.82 Å². The molecule has 2 rings (SSSR count). The topological polar surface area (TPSA) is 26.3 Å². The number of carbonyl (C=O) groups excluding carboxylic acids is 1. The van der Waals surface area contributed by atoms with Crippen molar-refractivity contribution >= 4 is 5.97 Å². The Morgan fingerprint density at radius 2 is 1.29 bits per heavy atom. The highest BCUT2D eigenvalue weighted by Crippen LogP contribution is 2.30. The number of halogens is 5. The highest BCUT2D eigenvalue weighted by atomic mass is 19.2. The van der Waals surface area contributed by atoms with Gasteiger partial charge in [0.15, 0.2) is 23.3 Å². The van der Waals surface area contributed by atoms with E-state index in [0.29, 0.717) is 5.56 Å². The van der Waals surface area contributed by atoms with Gasteiger partial charge in [0, 0.05) is 0 Å². The molecule has 0 unspecified atom stereocenters. The van der Waals surface area contributed by atoms with Gasteiger partial charge in [-0.05, 0) is 19.4 Å². The van der Waals surface area contributed by atoms with Gasteiger partial charge in [-0.15, -0.1) is 0 Å². The Morgan fingerprint density at radius 1 is 0.833 bits per heavy atom. The minimum Gasteiger partial charge on any atom is -0.457 e. The van der Waals surface area contributed by atoms with E-state index < -0.39 is 52.6 Å². The molecular weight excluding hydrogens is 331 g/mol. The smallest absolute Gasteiger partial charge is 0.313 e. The van der Waals surface area contributed by atoms with E-state index in [4.69, 9.17) is 4.74 Å². The molecule has 0 amide bonds. The number of hydrogen-bond donors (Lipinski definition) is 0. The van der Waals surface area contributed by atoms with Crippen LogP contribution < -0.4 is 0 Å². The largest absolute Gasteiger partial charge is 0.457 e. The Morgan fingerprint density at radius 3 is 1.79 bits per heavy atom. The van der Waals surface area contributed by atoms with Gasteiger partial charge in [-0.25, -0.2) is 22.0 Å². The Hall–Kier alpha value is -2.44. The lowest BCUT2D eigenvalue weighted by Crippen LogP contribution is -2.18. The molecule has 2 aromatic carbocycles. The standard InChI is InChI=1S/C17H13F5O2/c1-8(10-6-4-3-5-7-10)17(23)24-9(2)11-12(18)14(20)16(22)15(21)13(11)19/h3-9H,1-2H3/t8-,9+/m1/s1. The molecule has 0 aliphatic rings. The Balaban J connectivity index is 2.27. The molecule has 0 aromatic heterocycles. The highest BCUT2D eigenvalue weighted by Gasteiger charge is 2.31. The molecule has 2 nitrogen and oxygen atoms in total. The third kappa shape index (κ3) is 3.25. The Labute approximate surface area is 134 Å². The summed E-state index contributed by atoms with van der Waals surface area (Å²) in [6.45, 7) is 2.54. The van der Waals surface area contributed by atoms with Crippen molar-refractivity contribution in [1.82, 2.24) is 0 Å². The van der Waals surface area contributed by atoms with Crippen molar-refractivity contribution in [2.24, 2.45) is 0 Å². The predicted octanol–water partition coefficient (Wildman–Crippen LogP) is 4.79. The third-order valence-corrected chi connectivity index (χ3v) is 3.60. The molecule has 0 saturated heterocycles. The van der Waals surface area contributed by atoms with E-state index in [1.165, 1.54) is 6.92 Å². The van der Waals surface area contributed by atoms with Gasteiger partial charge in [-0.2, -0.15) is 0 Å². The summed E-state index contributed by atoms with van der Waals surface area (Å²) < 4.78 is 71.8. The first-order chi connectivity index (χ1) is 11.3. The molecule has 0 fully saturated rings. The summed E-state index contributed by atoms with van der Waals surface area (Å²) in [5.74, 6) is -12.1. The lowest BCUT2D eigenvalue weighted by Gasteiger charge is -2.19. The van der Waals surface area contributed by atoms with E-state index in [1.807, 2.05) is 0 Å². The summed E-state index contributed by atoms with van der Waals surface area (Å²) in [4.78, 5) is 12.1. The van der Waals surface area contributed by atoms with Gasteiger partial charge in [-0.1, -0.05) is 30.3 Å². The van der Waals surface area contributed by atoms with E-state index in [-0.39, 0.29) is 0 Å². The van der Waals surface area contributed by atoms with Crippen molar-refractivity contribution in [3.8, 4) is 0 Å². The number of rotatable bonds is 4. The van der Waals surface area contributed by atoms with Crippen LogP contribution in [0.2, 0.25) is 0 Å². The fraction of sp³-hybridized carbons (Fsp3) is 0.235. The second-order valence-corrected chi connectivity index (χ2v) is 5.20. The Kier molecular flexibility index (Phi) is 5.21. The summed E-state index contributed by atoms with van der Waals surface area (Å²) in [5.41, 5.74) is -0.591. The van der Waals surface area contributed by atoms with Gasteiger partial charge in [0.25, 0.3) is 0 Å². The second kappa shape index (κ2) is 6.98. The second-order valence-electron chi connectivity index (χ2n) is 5.20. The first-order valence-electron chi connectivity index (χ1n) is 7.02. The minimum atomic E-state index is -2.26. The minimum absolute atomic E-state index is 0.590. The molecule has 0 aliphatic carbocycles. The molecular formula is C17H13F5O2. The lowest BCUT2D eigenvalue weighted by molar-refractivity contribution is -0.150. The SMILES string of the molecule is C[C@H](OC(=O)[C@H](C)c1ccccc1)c1c(F)c(F)c(F)c(F)c1F. The number of hydrogen-bond acceptors (Lipinski definition) is 2. The molecule has 0 N–H and O–H groups in total. The van der Waals surface area contributed by atoms with Crippen LogP contribution in [0.3, 0.4) is 0 Å².